The van der Waals surface area contributed by atoms with Crippen LogP contribution >= 0.6 is 0 Å². The molecule has 0 atom stereocenters. The minimum Gasteiger partial charge on any atom is -0.338 e. The van der Waals surface area contributed by atoms with Crippen LogP contribution in [0, 0.1) is 0 Å². The molecule has 1 aromatic carbocycles. The molecule has 0 spiro atoms. The van der Waals surface area contributed by atoms with Crippen LogP contribution in [0.1, 0.15) is 30.4 Å². The number of hydrogen-bond donors (Lipinski definition) is 1. The van der Waals surface area contributed by atoms with E-state index >= 15 is 0 Å². The van der Waals surface area contributed by atoms with Gasteiger partial charge in [0.2, 0.25) is 16.0 Å². The van der Waals surface area contributed by atoms with E-state index in [0.29, 0.717) is 11.4 Å². The van der Waals surface area contributed by atoms with Crippen molar-refractivity contribution in [1.82, 2.24) is 19.6 Å². The molecular formula is C21H29N5O2S. The summed E-state index contributed by atoms with van der Waals surface area (Å²) in [7, 11) is -3.43. The molecule has 156 valence electrons. The van der Waals surface area contributed by atoms with Crippen LogP contribution in [-0.2, 0) is 22.9 Å². The van der Waals surface area contributed by atoms with E-state index < -0.39 is 10.0 Å². The largest absolute Gasteiger partial charge is 0.338 e. The van der Waals surface area contributed by atoms with Crippen LogP contribution in [0.25, 0.3) is 0 Å². The third kappa shape index (κ3) is 5.12. The Morgan fingerprint density at radius 3 is 2.45 bits per heavy atom. The van der Waals surface area contributed by atoms with E-state index in [9.17, 15) is 8.42 Å². The van der Waals surface area contributed by atoms with Gasteiger partial charge in [-0.05, 0) is 68.0 Å². The fraction of sp³-hybridized carbons (Fsp3) is 0.524. The first kappa shape index (κ1) is 20.3. The van der Waals surface area contributed by atoms with Crippen LogP contribution in [0.2, 0.25) is 0 Å². The predicted molar refractivity (Wildman–Crippen MR) is 114 cm³/mol. The molecule has 0 radical (unpaired) electrons. The third-order valence-corrected chi connectivity index (χ3v) is 7.24. The highest BCUT2D eigenvalue weighted by Crippen LogP contribution is 2.24. The molecule has 1 aliphatic heterocycles. The highest BCUT2D eigenvalue weighted by molar-refractivity contribution is 7.89. The number of hydrogen-bond acceptors (Lipinski definition) is 6. The third-order valence-electron chi connectivity index (χ3n) is 5.78. The number of benzene rings is 1. The molecule has 4 rings (SSSR count). The average molecular weight is 416 g/mol. The van der Waals surface area contributed by atoms with Gasteiger partial charge in [-0.2, -0.15) is 0 Å². The molecule has 1 N–H and O–H groups in total. The molecule has 2 heterocycles. The second-order valence-corrected chi connectivity index (χ2v) is 9.53. The molecule has 0 amide bonds. The number of sulfonamides is 1. The lowest BCUT2D eigenvalue weighted by Gasteiger charge is -2.34. The first-order chi connectivity index (χ1) is 14.1. The zero-order valence-electron chi connectivity index (χ0n) is 16.8. The van der Waals surface area contributed by atoms with E-state index in [1.165, 1.54) is 17.5 Å². The Morgan fingerprint density at radius 2 is 1.69 bits per heavy atom. The maximum Gasteiger partial charge on any atom is 0.240 e. The van der Waals surface area contributed by atoms with E-state index in [-0.39, 0.29) is 0 Å². The fourth-order valence-electron chi connectivity index (χ4n) is 4.10. The SMILES string of the molecule is O=S(=O)(NCCCN1CCN(c2ncccn2)CC1)c1ccc2c(c1)CCCC2. The lowest BCUT2D eigenvalue weighted by molar-refractivity contribution is 0.254. The summed E-state index contributed by atoms with van der Waals surface area (Å²) in [4.78, 5) is 13.6. The predicted octanol–water partition coefficient (Wildman–Crippen LogP) is 1.85. The Labute approximate surface area is 173 Å². The molecule has 29 heavy (non-hydrogen) atoms. The van der Waals surface area contributed by atoms with Crippen molar-refractivity contribution in [3.63, 3.8) is 0 Å². The van der Waals surface area contributed by atoms with E-state index in [0.717, 1.165) is 64.4 Å². The van der Waals surface area contributed by atoms with Crippen molar-refractivity contribution in [2.24, 2.45) is 0 Å². The second-order valence-electron chi connectivity index (χ2n) is 7.77. The second kappa shape index (κ2) is 9.19. The van der Waals surface area contributed by atoms with Gasteiger partial charge in [0.25, 0.3) is 0 Å². The number of aromatic nitrogens is 2. The summed E-state index contributed by atoms with van der Waals surface area (Å²) in [6.07, 6.45) is 8.72. The Kier molecular flexibility index (Phi) is 6.42. The van der Waals surface area contributed by atoms with Gasteiger partial charge in [-0.25, -0.2) is 23.1 Å². The van der Waals surface area contributed by atoms with Crippen molar-refractivity contribution in [3.8, 4) is 0 Å². The van der Waals surface area contributed by atoms with Crippen molar-refractivity contribution in [1.29, 1.82) is 0 Å². The van der Waals surface area contributed by atoms with Crippen LogP contribution in [0.15, 0.2) is 41.6 Å². The molecular weight excluding hydrogens is 386 g/mol. The van der Waals surface area contributed by atoms with Gasteiger partial charge in [0.05, 0.1) is 4.90 Å². The Bertz CT molecular complexity index is 912. The van der Waals surface area contributed by atoms with Crippen molar-refractivity contribution in [3.05, 3.63) is 47.8 Å². The molecule has 1 aromatic heterocycles. The van der Waals surface area contributed by atoms with Gasteiger partial charge >= 0.3 is 0 Å². The number of nitrogens with zero attached hydrogens (tertiary/aromatic N) is 4. The number of rotatable bonds is 7. The summed E-state index contributed by atoms with van der Waals surface area (Å²) in [5, 5.41) is 0. The van der Waals surface area contributed by atoms with E-state index in [1.807, 2.05) is 18.2 Å². The zero-order valence-corrected chi connectivity index (χ0v) is 17.6. The van der Waals surface area contributed by atoms with Gasteiger partial charge < -0.3 is 4.90 Å². The Morgan fingerprint density at radius 1 is 0.966 bits per heavy atom. The molecule has 0 saturated carbocycles. The minimum absolute atomic E-state index is 0.398. The molecule has 0 bridgehead atoms. The Hall–Kier alpha value is -2.03. The number of piperazine rings is 1. The first-order valence-electron chi connectivity index (χ1n) is 10.5. The smallest absolute Gasteiger partial charge is 0.240 e. The summed E-state index contributed by atoms with van der Waals surface area (Å²) < 4.78 is 28.0. The maximum absolute atomic E-state index is 12.6. The van der Waals surface area contributed by atoms with Crippen LogP contribution in [0.4, 0.5) is 5.95 Å². The van der Waals surface area contributed by atoms with Gasteiger partial charge in [0.1, 0.15) is 0 Å². The highest BCUT2D eigenvalue weighted by Gasteiger charge is 2.20. The van der Waals surface area contributed by atoms with Gasteiger partial charge in [0.15, 0.2) is 0 Å². The van der Waals surface area contributed by atoms with E-state index in [2.05, 4.69) is 24.5 Å². The summed E-state index contributed by atoms with van der Waals surface area (Å²) >= 11 is 0. The van der Waals surface area contributed by atoms with Crippen molar-refractivity contribution in [2.75, 3.05) is 44.2 Å². The molecule has 1 aliphatic carbocycles. The van der Waals surface area contributed by atoms with Gasteiger partial charge in [-0.1, -0.05) is 6.07 Å². The standard InChI is InChI=1S/C21H29N5O2S/c27-29(28,20-8-7-18-5-1-2-6-19(18)17-20)24-11-4-12-25-13-15-26(16-14-25)21-22-9-3-10-23-21/h3,7-10,17,24H,1-2,4-6,11-16H2. The van der Waals surface area contributed by atoms with Crippen LogP contribution in [-0.4, -0.2) is 62.6 Å². The number of nitrogens with one attached hydrogen (secondary N) is 1. The molecule has 1 saturated heterocycles. The van der Waals surface area contributed by atoms with Crippen molar-refractivity contribution >= 4 is 16.0 Å². The molecule has 2 aliphatic rings. The summed E-state index contributed by atoms with van der Waals surface area (Å²) in [5.41, 5.74) is 2.50. The lowest BCUT2D eigenvalue weighted by atomic mass is 9.92. The first-order valence-corrected chi connectivity index (χ1v) is 12.0. The van der Waals surface area contributed by atoms with Crippen molar-refractivity contribution in [2.45, 2.75) is 37.0 Å². The van der Waals surface area contributed by atoms with Gasteiger partial charge in [-0.3, -0.25) is 4.90 Å². The minimum atomic E-state index is -3.43. The normalized spacial score (nSPS) is 17.9. The maximum atomic E-state index is 12.6. The summed E-state index contributed by atoms with van der Waals surface area (Å²) in [5.74, 6) is 0.782. The van der Waals surface area contributed by atoms with Crippen LogP contribution in [0.5, 0.6) is 0 Å². The molecule has 1 fully saturated rings. The Balaban J connectivity index is 1.21. The number of aryl methyl sites for hydroxylation is 2. The number of anilines is 1. The summed E-state index contributed by atoms with van der Waals surface area (Å²) in [6.45, 7) is 5.01. The van der Waals surface area contributed by atoms with Crippen molar-refractivity contribution < 1.29 is 8.42 Å². The van der Waals surface area contributed by atoms with E-state index in [1.54, 1.807) is 18.5 Å². The molecule has 7 nitrogen and oxygen atoms in total. The van der Waals surface area contributed by atoms with Crippen LogP contribution < -0.4 is 9.62 Å². The topological polar surface area (TPSA) is 78.4 Å². The summed E-state index contributed by atoms with van der Waals surface area (Å²) in [6, 6.07) is 7.42. The monoisotopic (exact) mass is 415 g/mol. The quantitative estimate of drug-likeness (QED) is 0.696. The van der Waals surface area contributed by atoms with Gasteiger partial charge in [0, 0.05) is 45.1 Å². The molecule has 2 aromatic rings. The van der Waals surface area contributed by atoms with E-state index in [4.69, 9.17) is 0 Å². The van der Waals surface area contributed by atoms with Gasteiger partial charge in [-0.15, -0.1) is 0 Å². The fourth-order valence-corrected chi connectivity index (χ4v) is 5.22. The highest BCUT2D eigenvalue weighted by atomic mass is 32.2. The lowest BCUT2D eigenvalue weighted by Crippen LogP contribution is -2.47. The molecule has 0 unspecified atom stereocenters. The van der Waals surface area contributed by atoms with Crippen LogP contribution in [0.3, 0.4) is 0 Å². The average Bonchev–Trinajstić information content (AvgIpc) is 2.77. The molecule has 8 heteroatoms. The number of fused-ring (bicyclic) bond motifs is 1. The zero-order chi connectivity index (χ0) is 20.1.